The first-order valence-corrected chi connectivity index (χ1v) is 10.8. The Morgan fingerprint density at radius 3 is 2.38 bits per heavy atom. The van der Waals surface area contributed by atoms with Gasteiger partial charge >= 0.3 is 0 Å². The van der Waals surface area contributed by atoms with Crippen molar-refractivity contribution in [3.05, 3.63) is 59.4 Å². The molecule has 0 amide bonds. The summed E-state index contributed by atoms with van der Waals surface area (Å²) in [5.74, 6) is 0.625. The first-order chi connectivity index (χ1) is 15.4. The molecule has 1 saturated heterocycles. The third kappa shape index (κ3) is 3.32. The highest BCUT2D eigenvalue weighted by atomic mass is 19.1. The Bertz CT molecular complexity index is 1310. The number of anilines is 3. The number of nitrogens with two attached hydrogens (primary N) is 1. The van der Waals surface area contributed by atoms with E-state index < -0.39 is 0 Å². The molecule has 1 aliphatic rings. The van der Waals surface area contributed by atoms with Gasteiger partial charge in [0.25, 0.3) is 0 Å². The average Bonchev–Trinajstić information content (AvgIpc) is 3.09. The van der Waals surface area contributed by atoms with Gasteiger partial charge in [-0.3, -0.25) is 4.68 Å². The molecule has 3 heterocycles. The highest BCUT2D eigenvalue weighted by molar-refractivity contribution is 5.99. The molecule has 2 aromatic heterocycles. The van der Waals surface area contributed by atoms with E-state index in [1.165, 1.54) is 22.9 Å². The molecule has 1 fully saturated rings. The van der Waals surface area contributed by atoms with E-state index in [0.29, 0.717) is 34.1 Å². The summed E-state index contributed by atoms with van der Waals surface area (Å²) in [6.45, 7) is 7.53. The Labute approximate surface area is 186 Å². The fourth-order valence-corrected chi connectivity index (χ4v) is 4.32. The molecule has 0 unspecified atom stereocenters. The number of nitrogens with zero attached hydrogens (tertiary/aromatic N) is 6. The van der Waals surface area contributed by atoms with Gasteiger partial charge in [0.2, 0.25) is 5.95 Å². The van der Waals surface area contributed by atoms with Crippen molar-refractivity contribution < 1.29 is 4.39 Å². The van der Waals surface area contributed by atoms with Crippen LogP contribution < -0.4 is 15.5 Å². The zero-order valence-electron chi connectivity index (χ0n) is 18.5. The molecule has 32 heavy (non-hydrogen) atoms. The van der Waals surface area contributed by atoms with E-state index in [4.69, 9.17) is 10.7 Å². The molecule has 0 aliphatic carbocycles. The van der Waals surface area contributed by atoms with Crippen molar-refractivity contribution in [2.24, 2.45) is 7.05 Å². The number of hydrogen-bond acceptors (Lipinski definition) is 6. The van der Waals surface area contributed by atoms with Crippen molar-refractivity contribution in [1.82, 2.24) is 19.7 Å². The largest absolute Gasteiger partial charge is 0.383 e. The van der Waals surface area contributed by atoms with Gasteiger partial charge < -0.3 is 15.5 Å². The van der Waals surface area contributed by atoms with Gasteiger partial charge in [0.1, 0.15) is 11.6 Å². The summed E-state index contributed by atoms with van der Waals surface area (Å²) in [5, 5.41) is 5.03. The maximum Gasteiger partial charge on any atom is 0.228 e. The van der Waals surface area contributed by atoms with Crippen LogP contribution in [0.4, 0.5) is 21.8 Å². The van der Waals surface area contributed by atoms with E-state index in [9.17, 15) is 4.39 Å². The van der Waals surface area contributed by atoms with Crippen molar-refractivity contribution in [2.75, 3.05) is 41.7 Å². The summed E-state index contributed by atoms with van der Waals surface area (Å²) < 4.78 is 16.2. The molecule has 8 heteroatoms. The van der Waals surface area contributed by atoms with E-state index in [0.717, 1.165) is 26.2 Å². The maximum atomic E-state index is 14.7. The van der Waals surface area contributed by atoms with E-state index in [2.05, 4.69) is 51.9 Å². The molecule has 4 aromatic rings. The number of aryl methyl sites for hydroxylation is 2. The van der Waals surface area contributed by atoms with Gasteiger partial charge in [0.15, 0.2) is 5.65 Å². The Morgan fingerprint density at radius 2 is 1.62 bits per heavy atom. The average molecular weight is 432 g/mol. The van der Waals surface area contributed by atoms with Gasteiger partial charge in [-0.2, -0.15) is 10.1 Å². The lowest BCUT2D eigenvalue weighted by Crippen LogP contribution is -2.47. The standard InChI is InChI=1S/C24H26FN7/c1-15-7-6-10-19(16(15)2)31-11-13-32(14-12-31)24-27-21(17-8-4-5-9-18(17)25)20-22(26)30(3)29-23(20)28-24/h4-10H,11-14,26H2,1-3H3. The predicted octanol–water partition coefficient (Wildman–Crippen LogP) is 3.70. The SMILES string of the molecule is Cc1cccc(N2CCN(c3nc(-c4ccccc4F)c4c(N)n(C)nc4n3)CC2)c1C. The number of nitrogen functional groups attached to an aromatic ring is 1. The second kappa shape index (κ2) is 7.78. The third-order valence-electron chi connectivity index (χ3n) is 6.34. The van der Waals surface area contributed by atoms with Gasteiger partial charge in [-0.15, -0.1) is 0 Å². The normalized spacial score (nSPS) is 14.4. The molecular formula is C24H26FN7. The van der Waals surface area contributed by atoms with Crippen LogP contribution >= 0.6 is 0 Å². The van der Waals surface area contributed by atoms with Gasteiger partial charge in [0.05, 0.1) is 11.1 Å². The van der Waals surface area contributed by atoms with E-state index >= 15 is 0 Å². The maximum absolute atomic E-state index is 14.7. The number of hydrogen-bond donors (Lipinski definition) is 1. The Morgan fingerprint density at radius 1 is 0.906 bits per heavy atom. The second-order valence-electron chi connectivity index (χ2n) is 8.25. The molecule has 2 aromatic carbocycles. The Kier molecular flexibility index (Phi) is 4.92. The molecule has 0 saturated carbocycles. The van der Waals surface area contributed by atoms with Crippen LogP contribution in [0.15, 0.2) is 42.5 Å². The molecule has 0 spiro atoms. The molecule has 1 aliphatic heterocycles. The summed E-state index contributed by atoms with van der Waals surface area (Å²) in [5.41, 5.74) is 11.5. The van der Waals surface area contributed by atoms with Crippen LogP contribution in [0.5, 0.6) is 0 Å². The predicted molar refractivity (Wildman–Crippen MR) is 126 cm³/mol. The number of rotatable bonds is 3. The fraction of sp³-hybridized carbons (Fsp3) is 0.292. The lowest BCUT2D eigenvalue weighted by Gasteiger charge is -2.37. The minimum absolute atomic E-state index is 0.346. The minimum Gasteiger partial charge on any atom is -0.383 e. The highest BCUT2D eigenvalue weighted by Crippen LogP contribution is 2.33. The highest BCUT2D eigenvalue weighted by Gasteiger charge is 2.24. The number of halogens is 1. The molecule has 7 nitrogen and oxygen atoms in total. The lowest BCUT2D eigenvalue weighted by molar-refractivity contribution is 0.629. The molecule has 0 atom stereocenters. The summed E-state index contributed by atoms with van der Waals surface area (Å²) in [4.78, 5) is 14.0. The summed E-state index contributed by atoms with van der Waals surface area (Å²) in [6, 6.07) is 13.0. The Hall–Kier alpha value is -3.68. The van der Waals surface area contributed by atoms with Crippen LogP contribution in [0.1, 0.15) is 11.1 Å². The molecule has 5 rings (SSSR count). The van der Waals surface area contributed by atoms with Crippen LogP contribution in [-0.4, -0.2) is 45.9 Å². The lowest BCUT2D eigenvalue weighted by atomic mass is 10.1. The fourth-order valence-electron chi connectivity index (χ4n) is 4.32. The first kappa shape index (κ1) is 20.2. The van der Waals surface area contributed by atoms with Gasteiger partial charge in [-0.1, -0.05) is 24.3 Å². The van der Waals surface area contributed by atoms with Crippen LogP contribution in [0.2, 0.25) is 0 Å². The number of fused-ring (bicyclic) bond motifs is 1. The zero-order chi connectivity index (χ0) is 22.4. The van der Waals surface area contributed by atoms with Crippen LogP contribution in [0, 0.1) is 19.7 Å². The van der Waals surface area contributed by atoms with Crippen molar-refractivity contribution in [3.8, 4) is 11.3 Å². The number of piperazine rings is 1. The van der Waals surface area contributed by atoms with Crippen molar-refractivity contribution in [2.45, 2.75) is 13.8 Å². The molecule has 2 N–H and O–H groups in total. The quantitative estimate of drug-likeness (QED) is 0.533. The topological polar surface area (TPSA) is 76.1 Å². The smallest absolute Gasteiger partial charge is 0.228 e. The molecule has 0 bridgehead atoms. The van der Waals surface area contributed by atoms with E-state index in [-0.39, 0.29) is 5.82 Å². The van der Waals surface area contributed by atoms with Gasteiger partial charge in [0, 0.05) is 44.5 Å². The van der Waals surface area contributed by atoms with E-state index in [1.54, 1.807) is 29.9 Å². The summed E-state index contributed by atoms with van der Waals surface area (Å²) >= 11 is 0. The molecule has 0 radical (unpaired) electrons. The Balaban J connectivity index is 1.51. The molecule has 164 valence electrons. The van der Waals surface area contributed by atoms with Crippen molar-refractivity contribution >= 4 is 28.5 Å². The monoisotopic (exact) mass is 431 g/mol. The van der Waals surface area contributed by atoms with Crippen LogP contribution in [-0.2, 0) is 7.05 Å². The van der Waals surface area contributed by atoms with Crippen LogP contribution in [0.25, 0.3) is 22.3 Å². The summed E-state index contributed by atoms with van der Waals surface area (Å²) in [7, 11) is 1.75. The second-order valence-corrected chi connectivity index (χ2v) is 8.25. The minimum atomic E-state index is -0.346. The first-order valence-electron chi connectivity index (χ1n) is 10.8. The van der Waals surface area contributed by atoms with Crippen LogP contribution in [0.3, 0.4) is 0 Å². The number of aromatic nitrogens is 4. The van der Waals surface area contributed by atoms with Gasteiger partial charge in [-0.05, 0) is 43.2 Å². The van der Waals surface area contributed by atoms with Gasteiger partial charge in [-0.25, -0.2) is 9.37 Å². The summed E-state index contributed by atoms with van der Waals surface area (Å²) in [6.07, 6.45) is 0. The van der Waals surface area contributed by atoms with Crippen molar-refractivity contribution in [3.63, 3.8) is 0 Å². The number of benzene rings is 2. The van der Waals surface area contributed by atoms with E-state index in [1.807, 2.05) is 0 Å². The van der Waals surface area contributed by atoms with Crippen molar-refractivity contribution in [1.29, 1.82) is 0 Å². The third-order valence-corrected chi connectivity index (χ3v) is 6.34. The molecular weight excluding hydrogens is 405 g/mol. The zero-order valence-corrected chi connectivity index (χ0v) is 18.5.